The van der Waals surface area contributed by atoms with E-state index in [1.165, 1.54) is 60.5 Å². The van der Waals surface area contributed by atoms with Crippen molar-refractivity contribution in [2.45, 2.75) is 37.0 Å². The molecule has 0 N–H and O–H groups in total. The number of hydrogen-bond donors (Lipinski definition) is 0. The van der Waals surface area contributed by atoms with Crippen molar-refractivity contribution in [3.63, 3.8) is 0 Å². The Morgan fingerprint density at radius 2 is 1.56 bits per heavy atom. The summed E-state index contributed by atoms with van der Waals surface area (Å²) >= 11 is 0. The second-order valence-electron chi connectivity index (χ2n) is 7.88. The number of ether oxygens (including phenoxy) is 2. The van der Waals surface area contributed by atoms with Crippen molar-refractivity contribution in [2.24, 2.45) is 9.98 Å². The maximum Gasteiger partial charge on any atom is 0.443 e. The third-order valence-corrected chi connectivity index (χ3v) is 5.61. The van der Waals surface area contributed by atoms with Gasteiger partial charge in [-0.25, -0.2) is 9.98 Å². The van der Waals surface area contributed by atoms with Crippen LogP contribution in [0.2, 0.25) is 0 Å². The summed E-state index contributed by atoms with van der Waals surface area (Å²) in [5, 5.41) is 0. The lowest BCUT2D eigenvalue weighted by Gasteiger charge is -2.40. The lowest BCUT2D eigenvalue weighted by Crippen LogP contribution is -2.60. The first-order valence-corrected chi connectivity index (χ1v) is 10.5. The largest absolute Gasteiger partial charge is 0.497 e. The fraction of sp³-hybridized carbons (Fsp3) is 0.391. The molecule has 0 radical (unpaired) electrons. The molecule has 0 aliphatic carbocycles. The average molecular weight is 485 g/mol. The van der Waals surface area contributed by atoms with E-state index in [4.69, 9.17) is 9.47 Å². The summed E-state index contributed by atoms with van der Waals surface area (Å²) < 4.78 is 95.6. The Balaban J connectivity index is 1.99. The van der Waals surface area contributed by atoms with E-state index >= 15 is 0 Å². The van der Waals surface area contributed by atoms with Crippen molar-refractivity contribution in [2.75, 3.05) is 20.3 Å². The second-order valence-corrected chi connectivity index (χ2v) is 7.88. The van der Waals surface area contributed by atoms with E-state index in [0.717, 1.165) is 6.42 Å². The summed E-state index contributed by atoms with van der Waals surface area (Å²) in [6.07, 6.45) is -10.8. The zero-order valence-electron chi connectivity index (χ0n) is 18.0. The van der Waals surface area contributed by atoms with E-state index in [-0.39, 0.29) is 23.4 Å². The van der Waals surface area contributed by atoms with Crippen LogP contribution in [0.4, 0.5) is 26.3 Å². The minimum Gasteiger partial charge on any atom is -0.497 e. The van der Waals surface area contributed by atoms with Crippen molar-refractivity contribution in [1.82, 2.24) is 4.90 Å². The van der Waals surface area contributed by atoms with Crippen molar-refractivity contribution in [3.8, 4) is 5.75 Å². The van der Waals surface area contributed by atoms with Gasteiger partial charge in [-0.15, -0.1) is 0 Å². The number of hydrogen-bond acceptors (Lipinski definition) is 5. The topological polar surface area (TPSA) is 46.4 Å². The summed E-state index contributed by atoms with van der Waals surface area (Å²) in [6, 6.07) is 13.2. The first kappa shape index (κ1) is 24.1. The molecule has 2 aromatic rings. The maximum absolute atomic E-state index is 14.1. The minimum atomic E-state index is -5.84. The maximum atomic E-state index is 14.1. The molecule has 0 spiro atoms. The number of nitrogens with zero attached hydrogens (tertiary/aromatic N) is 3. The highest BCUT2D eigenvalue weighted by Gasteiger charge is 2.74. The van der Waals surface area contributed by atoms with Crippen LogP contribution in [0.5, 0.6) is 5.75 Å². The number of alkyl halides is 6. The highest BCUT2D eigenvalue weighted by atomic mass is 19.4. The smallest absolute Gasteiger partial charge is 0.443 e. The van der Waals surface area contributed by atoms with Crippen LogP contribution in [0.1, 0.15) is 24.0 Å². The molecule has 2 aliphatic heterocycles. The van der Waals surface area contributed by atoms with Crippen LogP contribution in [0, 0.1) is 0 Å². The molecule has 1 atom stereocenters. The lowest BCUT2D eigenvalue weighted by molar-refractivity contribution is -0.293. The van der Waals surface area contributed by atoms with Crippen LogP contribution in [0.25, 0.3) is 0 Å². The predicted octanol–water partition coefficient (Wildman–Crippen LogP) is 5.20. The van der Waals surface area contributed by atoms with Gasteiger partial charge in [0.2, 0.25) is 0 Å². The molecule has 11 heteroatoms. The van der Waals surface area contributed by atoms with Gasteiger partial charge in [-0.2, -0.15) is 26.3 Å². The second kappa shape index (κ2) is 8.94. The van der Waals surface area contributed by atoms with Crippen molar-refractivity contribution < 1.29 is 35.8 Å². The molecule has 4 rings (SSSR count). The number of benzene rings is 2. The normalized spacial score (nSPS) is 20.7. The molecular weight excluding hydrogens is 464 g/mol. The molecule has 5 nitrogen and oxygen atoms in total. The molecule has 0 amide bonds. The van der Waals surface area contributed by atoms with E-state index < -0.39 is 35.8 Å². The zero-order chi connectivity index (χ0) is 24.6. The Kier molecular flexibility index (Phi) is 6.32. The van der Waals surface area contributed by atoms with Gasteiger partial charge >= 0.3 is 18.0 Å². The molecule has 1 fully saturated rings. The van der Waals surface area contributed by atoms with Crippen LogP contribution in [-0.4, -0.2) is 61.0 Å². The lowest BCUT2D eigenvalue weighted by atomic mass is 10.0. The van der Waals surface area contributed by atoms with E-state index in [1.54, 1.807) is 6.07 Å². The van der Waals surface area contributed by atoms with Crippen molar-refractivity contribution in [1.29, 1.82) is 0 Å². The van der Waals surface area contributed by atoms with Gasteiger partial charge in [0, 0.05) is 17.7 Å². The average Bonchev–Trinajstić information content (AvgIpc) is 3.31. The molecule has 1 unspecified atom stereocenters. The van der Waals surface area contributed by atoms with Gasteiger partial charge in [-0.3, -0.25) is 0 Å². The Morgan fingerprint density at radius 3 is 2.12 bits per heavy atom. The van der Waals surface area contributed by atoms with E-state index in [2.05, 4.69) is 9.98 Å². The molecule has 2 aromatic carbocycles. The Labute approximate surface area is 191 Å². The molecular formula is C23H21F6N3O2. The zero-order valence-corrected chi connectivity index (χ0v) is 18.0. The number of amidine groups is 2. The van der Waals surface area contributed by atoms with E-state index in [9.17, 15) is 26.3 Å². The van der Waals surface area contributed by atoms with Gasteiger partial charge in [0.25, 0.3) is 0 Å². The van der Waals surface area contributed by atoms with Crippen LogP contribution in [0.15, 0.2) is 64.6 Å². The number of aliphatic imine (C=N–C) groups is 2. The van der Waals surface area contributed by atoms with Gasteiger partial charge < -0.3 is 14.4 Å². The third-order valence-electron chi connectivity index (χ3n) is 5.61. The van der Waals surface area contributed by atoms with Crippen molar-refractivity contribution >= 4 is 11.7 Å². The summed E-state index contributed by atoms with van der Waals surface area (Å²) in [4.78, 5) is 7.85. The standard InChI is InChI=1S/C23H21F6N3O2/c1-33-17-10-5-9-16(13-17)20-31-21(22(24,25)26,23(27,28)29)30-19(15-7-3-2-4-8-15)32(20)14-18-11-6-12-34-18/h2-5,7-10,13,18H,6,11-12,14H2,1H3. The Bertz CT molecular complexity index is 1060. The number of methoxy groups -OCH3 is 1. The fourth-order valence-electron chi connectivity index (χ4n) is 3.92. The van der Waals surface area contributed by atoms with Gasteiger partial charge in [0.15, 0.2) is 0 Å². The van der Waals surface area contributed by atoms with Crippen LogP contribution in [-0.2, 0) is 4.74 Å². The highest BCUT2D eigenvalue weighted by molar-refractivity contribution is 6.16. The molecule has 2 aliphatic rings. The van der Waals surface area contributed by atoms with Gasteiger partial charge in [-0.1, -0.05) is 42.5 Å². The molecule has 1 saturated heterocycles. The molecule has 0 aromatic heterocycles. The van der Waals surface area contributed by atoms with Gasteiger partial charge in [-0.05, 0) is 25.0 Å². The molecule has 2 heterocycles. The van der Waals surface area contributed by atoms with Crippen LogP contribution < -0.4 is 4.74 Å². The predicted molar refractivity (Wildman–Crippen MR) is 113 cm³/mol. The van der Waals surface area contributed by atoms with E-state index in [0.29, 0.717) is 13.0 Å². The summed E-state index contributed by atoms with van der Waals surface area (Å²) in [5.74, 6) is -0.748. The SMILES string of the molecule is COc1cccc(C2=NC(C(F)(F)F)(C(F)(F)F)N=C(c3ccccc3)N2CC2CCCO2)c1. The molecule has 0 bridgehead atoms. The minimum absolute atomic E-state index is 0.0183. The third kappa shape index (κ3) is 4.36. The van der Waals surface area contributed by atoms with Gasteiger partial charge in [0.05, 0.1) is 19.8 Å². The first-order chi connectivity index (χ1) is 16.1. The fourth-order valence-corrected chi connectivity index (χ4v) is 3.92. The number of rotatable bonds is 5. The molecule has 0 saturated carbocycles. The quantitative estimate of drug-likeness (QED) is 0.547. The summed E-state index contributed by atoms with van der Waals surface area (Å²) in [6.45, 7) is 0.437. The van der Waals surface area contributed by atoms with Crippen molar-refractivity contribution in [3.05, 3.63) is 65.7 Å². The molecule has 34 heavy (non-hydrogen) atoms. The van der Waals surface area contributed by atoms with Crippen LogP contribution >= 0.6 is 0 Å². The summed E-state index contributed by atoms with van der Waals surface area (Å²) in [5.41, 5.74) is -4.55. The van der Waals surface area contributed by atoms with Crippen LogP contribution in [0.3, 0.4) is 0 Å². The molecule has 182 valence electrons. The number of halogens is 6. The summed E-state index contributed by atoms with van der Waals surface area (Å²) in [7, 11) is 1.35. The monoisotopic (exact) mass is 485 g/mol. The van der Waals surface area contributed by atoms with E-state index in [1.807, 2.05) is 0 Å². The Hall–Kier alpha value is -3.08. The first-order valence-electron chi connectivity index (χ1n) is 10.5. The Morgan fingerprint density at radius 1 is 0.941 bits per heavy atom. The van der Waals surface area contributed by atoms with Gasteiger partial charge in [0.1, 0.15) is 17.4 Å². The highest BCUT2D eigenvalue weighted by Crippen LogP contribution is 2.49.